The van der Waals surface area contributed by atoms with Crippen LogP contribution in [-0.4, -0.2) is 35.4 Å². The maximum atomic E-state index is 12.6. The number of likely N-dealkylation sites (tertiary alicyclic amines) is 1. The van der Waals surface area contributed by atoms with E-state index in [1.165, 1.54) is 15.3 Å². The summed E-state index contributed by atoms with van der Waals surface area (Å²) in [5.74, 6) is 0.538. The van der Waals surface area contributed by atoms with Gasteiger partial charge in [-0.3, -0.25) is 9.69 Å². The Kier molecular flexibility index (Phi) is 6.18. The summed E-state index contributed by atoms with van der Waals surface area (Å²) in [4.78, 5) is 19.7. The van der Waals surface area contributed by atoms with E-state index in [0.29, 0.717) is 12.5 Å². The molecule has 2 aromatic carbocycles. The Bertz CT molecular complexity index is 1020. The van der Waals surface area contributed by atoms with E-state index in [1.54, 1.807) is 11.3 Å². The molecule has 0 unspecified atom stereocenters. The predicted molar refractivity (Wildman–Crippen MR) is 122 cm³/mol. The van der Waals surface area contributed by atoms with Gasteiger partial charge in [0.1, 0.15) is 0 Å². The number of rotatable bonds is 5. The van der Waals surface area contributed by atoms with Crippen LogP contribution in [0.5, 0.6) is 0 Å². The smallest absolute Gasteiger partial charge is 0.238 e. The van der Waals surface area contributed by atoms with Crippen molar-refractivity contribution in [2.45, 2.75) is 39.0 Å². The van der Waals surface area contributed by atoms with Crippen LogP contribution < -0.4 is 5.32 Å². The Morgan fingerprint density at radius 1 is 1.28 bits per heavy atom. The van der Waals surface area contributed by atoms with Crippen molar-refractivity contribution < 1.29 is 4.79 Å². The zero-order valence-corrected chi connectivity index (χ0v) is 18.4. The van der Waals surface area contributed by atoms with Crippen LogP contribution in [0.4, 0.5) is 5.69 Å². The normalized spacial score (nSPS) is 15.7. The first-order chi connectivity index (χ1) is 14.0. The van der Waals surface area contributed by atoms with E-state index in [9.17, 15) is 4.79 Å². The SMILES string of the molecule is CCc1cccc(C)c1NC(=O)CN1CCC(c2nc3cc(Cl)ccc3s2)CC1. The summed E-state index contributed by atoms with van der Waals surface area (Å²) in [7, 11) is 0. The van der Waals surface area contributed by atoms with Gasteiger partial charge in [-0.15, -0.1) is 11.3 Å². The third-order valence-corrected chi connectivity index (χ3v) is 7.11. The van der Waals surface area contributed by atoms with Crippen molar-refractivity contribution in [3.63, 3.8) is 0 Å². The molecule has 0 bridgehead atoms. The van der Waals surface area contributed by atoms with E-state index in [1.807, 2.05) is 31.2 Å². The zero-order valence-electron chi connectivity index (χ0n) is 16.9. The number of anilines is 1. The molecule has 152 valence electrons. The number of nitrogens with one attached hydrogen (secondary N) is 1. The molecule has 3 aromatic rings. The largest absolute Gasteiger partial charge is 0.324 e. The first kappa shape index (κ1) is 20.3. The van der Waals surface area contributed by atoms with Gasteiger partial charge in [-0.2, -0.15) is 0 Å². The molecule has 2 heterocycles. The molecule has 4 rings (SSSR count). The molecule has 0 spiro atoms. The van der Waals surface area contributed by atoms with Gasteiger partial charge in [-0.1, -0.05) is 36.7 Å². The summed E-state index contributed by atoms with van der Waals surface area (Å²) in [6.45, 7) is 6.45. The van der Waals surface area contributed by atoms with E-state index in [2.05, 4.69) is 29.3 Å². The summed E-state index contributed by atoms with van der Waals surface area (Å²) in [6, 6.07) is 12.1. The zero-order chi connectivity index (χ0) is 20.4. The lowest BCUT2D eigenvalue weighted by Gasteiger charge is -2.30. The minimum atomic E-state index is 0.0714. The number of aromatic nitrogens is 1. The Hall–Kier alpha value is -1.95. The fourth-order valence-electron chi connectivity index (χ4n) is 4.02. The van der Waals surface area contributed by atoms with Crippen LogP contribution in [0, 0.1) is 6.92 Å². The second kappa shape index (κ2) is 8.82. The van der Waals surface area contributed by atoms with Gasteiger partial charge in [0, 0.05) is 16.6 Å². The molecule has 0 radical (unpaired) electrons. The summed E-state index contributed by atoms with van der Waals surface area (Å²) < 4.78 is 1.19. The molecule has 1 aliphatic heterocycles. The van der Waals surface area contributed by atoms with Crippen LogP contribution in [0.25, 0.3) is 10.2 Å². The Balaban J connectivity index is 1.34. The van der Waals surface area contributed by atoms with E-state index < -0.39 is 0 Å². The van der Waals surface area contributed by atoms with Crippen LogP contribution >= 0.6 is 22.9 Å². The highest BCUT2D eigenvalue weighted by Crippen LogP contribution is 2.34. The number of benzene rings is 2. The van der Waals surface area contributed by atoms with Gasteiger partial charge >= 0.3 is 0 Å². The lowest BCUT2D eigenvalue weighted by atomic mass is 9.97. The Morgan fingerprint density at radius 3 is 2.83 bits per heavy atom. The molecule has 0 saturated carbocycles. The van der Waals surface area contributed by atoms with Crippen molar-refractivity contribution >= 4 is 44.7 Å². The average molecular weight is 428 g/mol. The molecule has 1 fully saturated rings. The van der Waals surface area contributed by atoms with Crippen LogP contribution in [0.1, 0.15) is 41.8 Å². The number of aryl methyl sites for hydroxylation is 2. The van der Waals surface area contributed by atoms with Gasteiger partial charge in [-0.05, 0) is 68.6 Å². The highest BCUT2D eigenvalue weighted by atomic mass is 35.5. The molecular formula is C23H26ClN3OS. The van der Waals surface area contributed by atoms with Crippen LogP contribution in [0.15, 0.2) is 36.4 Å². The predicted octanol–water partition coefficient (Wildman–Crippen LogP) is 5.64. The maximum Gasteiger partial charge on any atom is 0.238 e. The molecule has 4 nitrogen and oxygen atoms in total. The molecule has 1 aliphatic rings. The van der Waals surface area contributed by atoms with Crippen molar-refractivity contribution in [2.75, 3.05) is 25.0 Å². The van der Waals surface area contributed by atoms with Crippen LogP contribution in [0.2, 0.25) is 5.02 Å². The second-order valence-electron chi connectivity index (χ2n) is 7.73. The molecule has 29 heavy (non-hydrogen) atoms. The number of carbonyl (C=O) groups is 1. The van der Waals surface area contributed by atoms with Crippen molar-refractivity contribution in [2.24, 2.45) is 0 Å². The summed E-state index contributed by atoms with van der Waals surface area (Å²) in [5.41, 5.74) is 4.27. The van der Waals surface area contributed by atoms with E-state index in [4.69, 9.17) is 16.6 Å². The van der Waals surface area contributed by atoms with Gasteiger partial charge in [0.05, 0.1) is 21.8 Å². The molecule has 6 heteroatoms. The number of amides is 1. The summed E-state index contributed by atoms with van der Waals surface area (Å²) in [6.07, 6.45) is 2.98. The third kappa shape index (κ3) is 4.63. The van der Waals surface area contributed by atoms with Gasteiger partial charge in [-0.25, -0.2) is 4.98 Å². The van der Waals surface area contributed by atoms with Gasteiger partial charge < -0.3 is 5.32 Å². The monoisotopic (exact) mass is 427 g/mol. The van der Waals surface area contributed by atoms with Crippen molar-refractivity contribution in [3.05, 3.63) is 57.6 Å². The molecule has 1 saturated heterocycles. The van der Waals surface area contributed by atoms with E-state index in [0.717, 1.165) is 54.1 Å². The summed E-state index contributed by atoms with van der Waals surface area (Å²) in [5, 5.41) is 5.06. The fourth-order valence-corrected chi connectivity index (χ4v) is 5.30. The average Bonchev–Trinajstić information content (AvgIpc) is 3.13. The summed E-state index contributed by atoms with van der Waals surface area (Å²) >= 11 is 7.86. The second-order valence-corrected chi connectivity index (χ2v) is 9.22. The van der Waals surface area contributed by atoms with Gasteiger partial charge in [0.25, 0.3) is 0 Å². The van der Waals surface area contributed by atoms with Gasteiger partial charge in [0.15, 0.2) is 0 Å². The number of para-hydroxylation sites is 1. The first-order valence-electron chi connectivity index (χ1n) is 10.2. The number of halogens is 1. The number of thiazole rings is 1. The molecule has 1 aromatic heterocycles. The van der Waals surface area contributed by atoms with Crippen LogP contribution in [-0.2, 0) is 11.2 Å². The van der Waals surface area contributed by atoms with Crippen molar-refractivity contribution in [1.82, 2.24) is 9.88 Å². The van der Waals surface area contributed by atoms with Gasteiger partial charge in [0.2, 0.25) is 5.91 Å². The minimum Gasteiger partial charge on any atom is -0.324 e. The highest BCUT2D eigenvalue weighted by molar-refractivity contribution is 7.18. The quantitative estimate of drug-likeness (QED) is 0.573. The first-order valence-corrected chi connectivity index (χ1v) is 11.4. The van der Waals surface area contributed by atoms with E-state index >= 15 is 0 Å². The topological polar surface area (TPSA) is 45.2 Å². The lowest BCUT2D eigenvalue weighted by molar-refractivity contribution is -0.117. The Morgan fingerprint density at radius 2 is 2.07 bits per heavy atom. The fraction of sp³-hybridized carbons (Fsp3) is 0.391. The number of piperidine rings is 1. The maximum absolute atomic E-state index is 12.6. The molecule has 0 atom stereocenters. The van der Waals surface area contributed by atoms with Crippen LogP contribution in [0.3, 0.4) is 0 Å². The minimum absolute atomic E-state index is 0.0714. The van der Waals surface area contributed by atoms with E-state index in [-0.39, 0.29) is 5.91 Å². The van der Waals surface area contributed by atoms with Crippen molar-refractivity contribution in [3.8, 4) is 0 Å². The number of nitrogens with zero attached hydrogens (tertiary/aromatic N) is 2. The molecule has 1 amide bonds. The highest BCUT2D eigenvalue weighted by Gasteiger charge is 2.24. The van der Waals surface area contributed by atoms with Crippen molar-refractivity contribution in [1.29, 1.82) is 0 Å². The number of hydrogen-bond acceptors (Lipinski definition) is 4. The molecule has 1 N–H and O–H groups in total. The molecular weight excluding hydrogens is 402 g/mol. The number of hydrogen-bond donors (Lipinski definition) is 1. The lowest BCUT2D eigenvalue weighted by Crippen LogP contribution is -2.38. The number of carbonyl (C=O) groups excluding carboxylic acids is 1. The Labute approximate surface area is 180 Å². The standard InChI is InChI=1S/C23H26ClN3OS/c1-3-16-6-4-5-15(2)22(16)26-21(28)14-27-11-9-17(10-12-27)23-25-19-13-18(24)7-8-20(19)29-23/h4-8,13,17H,3,9-12,14H2,1-2H3,(H,26,28). The number of fused-ring (bicyclic) bond motifs is 1. The third-order valence-electron chi connectivity index (χ3n) is 5.67. The molecule has 0 aliphatic carbocycles.